The molecule has 0 amide bonds. The Kier molecular flexibility index (Phi) is 3.97. The van der Waals surface area contributed by atoms with E-state index in [0.717, 1.165) is 15.7 Å². The van der Waals surface area contributed by atoms with Gasteiger partial charge in [-0.25, -0.2) is 4.99 Å². The van der Waals surface area contributed by atoms with Gasteiger partial charge in [-0.1, -0.05) is 22.0 Å². The Labute approximate surface area is 105 Å². The van der Waals surface area contributed by atoms with Gasteiger partial charge in [-0.2, -0.15) is 0 Å². The van der Waals surface area contributed by atoms with Crippen LogP contribution in [0.3, 0.4) is 0 Å². The first-order valence-corrected chi connectivity index (χ1v) is 5.96. The van der Waals surface area contributed by atoms with Crippen LogP contribution >= 0.6 is 15.9 Å². The molecule has 0 aliphatic carbocycles. The van der Waals surface area contributed by atoms with Gasteiger partial charge >= 0.3 is 0 Å². The number of halogens is 1. The van der Waals surface area contributed by atoms with Crippen LogP contribution in [0.5, 0.6) is 0 Å². The zero-order valence-corrected chi connectivity index (χ0v) is 11.7. The summed E-state index contributed by atoms with van der Waals surface area (Å²) >= 11 is 3.43. The molecule has 3 N–H and O–H groups in total. The van der Waals surface area contributed by atoms with Crippen LogP contribution in [0.2, 0.25) is 0 Å². The maximum atomic E-state index is 5.83. The normalized spacial score (nSPS) is 12.7. The van der Waals surface area contributed by atoms with Crippen LogP contribution in [-0.4, -0.2) is 11.5 Å². The summed E-state index contributed by atoms with van der Waals surface area (Å²) in [4.78, 5) is 4.34. The van der Waals surface area contributed by atoms with Gasteiger partial charge in [-0.3, -0.25) is 0 Å². The third-order valence-electron chi connectivity index (χ3n) is 1.92. The number of guanidine groups is 1. The number of nitrogens with two attached hydrogens (primary N) is 1. The van der Waals surface area contributed by atoms with Crippen molar-refractivity contribution in [3.63, 3.8) is 0 Å². The highest BCUT2D eigenvalue weighted by Gasteiger charge is 2.08. The summed E-state index contributed by atoms with van der Waals surface area (Å²) in [6, 6.07) is 6.01. The second-order valence-corrected chi connectivity index (χ2v) is 5.67. The number of aliphatic imine (C=N–C) groups is 1. The van der Waals surface area contributed by atoms with E-state index in [1.165, 1.54) is 0 Å². The lowest BCUT2D eigenvalue weighted by Crippen LogP contribution is -2.27. The predicted octanol–water partition coefficient (Wildman–Crippen LogP) is 3.28. The summed E-state index contributed by atoms with van der Waals surface area (Å²) in [6.07, 6.45) is 0. The standard InChI is InChI=1S/C12H18BrN3/c1-8-5-6-9(13)7-10(8)15-11(14)16-12(2,3)4/h5-7H,1-4H3,(H3,14,15,16). The number of rotatable bonds is 1. The lowest BCUT2D eigenvalue weighted by Gasteiger charge is -2.15. The van der Waals surface area contributed by atoms with Gasteiger partial charge in [0.2, 0.25) is 0 Å². The molecule has 1 aromatic carbocycles. The molecule has 0 aliphatic rings. The average molecular weight is 284 g/mol. The lowest BCUT2D eigenvalue weighted by molar-refractivity contribution is 0.583. The molecule has 3 nitrogen and oxygen atoms in total. The molecule has 0 atom stereocenters. The number of benzene rings is 1. The molecule has 0 radical (unpaired) electrons. The molecule has 0 aromatic heterocycles. The first kappa shape index (κ1) is 13.0. The van der Waals surface area contributed by atoms with Gasteiger partial charge in [-0.05, 0) is 45.4 Å². The number of nitrogens with one attached hydrogen (secondary N) is 1. The quantitative estimate of drug-likeness (QED) is 0.614. The van der Waals surface area contributed by atoms with Crippen LogP contribution in [0.15, 0.2) is 27.7 Å². The Hall–Kier alpha value is -1.03. The van der Waals surface area contributed by atoms with E-state index >= 15 is 0 Å². The molecule has 1 rings (SSSR count). The number of hydrogen-bond acceptors (Lipinski definition) is 1. The smallest absolute Gasteiger partial charge is 0.193 e. The van der Waals surface area contributed by atoms with E-state index in [-0.39, 0.29) is 5.54 Å². The Morgan fingerprint density at radius 2 is 2.00 bits per heavy atom. The first-order valence-electron chi connectivity index (χ1n) is 5.16. The van der Waals surface area contributed by atoms with E-state index in [1.54, 1.807) is 0 Å². The molecule has 0 aliphatic heterocycles. The monoisotopic (exact) mass is 283 g/mol. The molecule has 4 heteroatoms. The molecule has 0 fully saturated rings. The summed E-state index contributed by atoms with van der Waals surface area (Å²) in [5, 5.41) is 3.11. The molecule has 88 valence electrons. The van der Waals surface area contributed by atoms with Crippen molar-refractivity contribution in [1.29, 1.82) is 0 Å². The van der Waals surface area contributed by atoms with E-state index in [0.29, 0.717) is 5.96 Å². The van der Waals surface area contributed by atoms with Gasteiger partial charge in [0.15, 0.2) is 5.96 Å². The fourth-order valence-electron chi connectivity index (χ4n) is 1.26. The summed E-state index contributed by atoms with van der Waals surface area (Å²) in [5.41, 5.74) is 7.77. The topological polar surface area (TPSA) is 50.4 Å². The molecule has 0 unspecified atom stereocenters. The Morgan fingerprint density at radius 1 is 1.38 bits per heavy atom. The maximum Gasteiger partial charge on any atom is 0.193 e. The second-order valence-electron chi connectivity index (χ2n) is 4.75. The number of nitrogens with zero attached hydrogens (tertiary/aromatic N) is 1. The third kappa shape index (κ3) is 4.23. The largest absolute Gasteiger partial charge is 0.370 e. The molecule has 0 spiro atoms. The van der Waals surface area contributed by atoms with Crippen molar-refractivity contribution in [1.82, 2.24) is 0 Å². The summed E-state index contributed by atoms with van der Waals surface area (Å²) in [7, 11) is 0. The molecular weight excluding hydrogens is 266 g/mol. The molecular formula is C12H18BrN3. The first-order chi connectivity index (χ1) is 7.28. The van der Waals surface area contributed by atoms with Crippen LogP contribution in [0, 0.1) is 6.92 Å². The van der Waals surface area contributed by atoms with Gasteiger partial charge in [-0.15, -0.1) is 0 Å². The van der Waals surface area contributed by atoms with Gasteiger partial charge in [0, 0.05) is 10.2 Å². The zero-order chi connectivity index (χ0) is 12.3. The van der Waals surface area contributed by atoms with Gasteiger partial charge in [0.05, 0.1) is 5.54 Å². The van der Waals surface area contributed by atoms with Crippen LogP contribution < -0.4 is 11.1 Å². The molecule has 0 bridgehead atoms. The third-order valence-corrected chi connectivity index (χ3v) is 2.41. The van der Waals surface area contributed by atoms with Crippen molar-refractivity contribution >= 4 is 27.6 Å². The van der Waals surface area contributed by atoms with E-state index < -0.39 is 0 Å². The highest BCUT2D eigenvalue weighted by atomic mass is 79.9. The summed E-state index contributed by atoms with van der Waals surface area (Å²) in [5.74, 6) is 0.439. The van der Waals surface area contributed by atoms with Crippen LogP contribution in [0.1, 0.15) is 26.3 Å². The van der Waals surface area contributed by atoms with Gasteiger partial charge in [0.25, 0.3) is 0 Å². The maximum absolute atomic E-state index is 5.83. The molecule has 1 aromatic rings. The average Bonchev–Trinajstić information content (AvgIpc) is 2.08. The van der Waals surface area contributed by atoms with Crippen molar-refractivity contribution in [2.75, 3.05) is 5.32 Å². The van der Waals surface area contributed by atoms with Crippen molar-refractivity contribution in [2.24, 2.45) is 10.7 Å². The number of hydrogen-bond donors (Lipinski definition) is 2. The highest BCUT2D eigenvalue weighted by Crippen LogP contribution is 2.20. The Balaban J connectivity index is 2.89. The lowest BCUT2D eigenvalue weighted by atomic mass is 10.1. The van der Waals surface area contributed by atoms with E-state index in [4.69, 9.17) is 5.73 Å². The second kappa shape index (κ2) is 4.87. The highest BCUT2D eigenvalue weighted by molar-refractivity contribution is 9.10. The molecule has 0 saturated carbocycles. The van der Waals surface area contributed by atoms with Crippen molar-refractivity contribution in [3.8, 4) is 0 Å². The SMILES string of the molecule is Cc1ccc(Br)cc1NC(N)=NC(C)(C)C. The summed E-state index contributed by atoms with van der Waals surface area (Å²) in [6.45, 7) is 8.05. The minimum Gasteiger partial charge on any atom is -0.370 e. The molecule has 16 heavy (non-hydrogen) atoms. The minimum absolute atomic E-state index is 0.170. The number of aryl methyl sites for hydroxylation is 1. The number of anilines is 1. The van der Waals surface area contributed by atoms with Gasteiger partial charge < -0.3 is 11.1 Å². The van der Waals surface area contributed by atoms with E-state index in [9.17, 15) is 0 Å². The van der Waals surface area contributed by atoms with Gasteiger partial charge in [0.1, 0.15) is 0 Å². The predicted molar refractivity (Wildman–Crippen MR) is 73.9 cm³/mol. The zero-order valence-electron chi connectivity index (χ0n) is 10.1. The van der Waals surface area contributed by atoms with E-state index in [1.807, 2.05) is 45.9 Å². The Morgan fingerprint density at radius 3 is 2.56 bits per heavy atom. The van der Waals surface area contributed by atoms with Crippen molar-refractivity contribution in [3.05, 3.63) is 28.2 Å². The van der Waals surface area contributed by atoms with Crippen LogP contribution in [-0.2, 0) is 0 Å². The van der Waals surface area contributed by atoms with E-state index in [2.05, 4.69) is 26.2 Å². The van der Waals surface area contributed by atoms with Crippen molar-refractivity contribution in [2.45, 2.75) is 33.2 Å². The fraction of sp³-hybridized carbons (Fsp3) is 0.417. The fourth-order valence-corrected chi connectivity index (χ4v) is 1.62. The van der Waals surface area contributed by atoms with Crippen LogP contribution in [0.4, 0.5) is 5.69 Å². The molecule has 0 heterocycles. The Bertz CT molecular complexity index is 405. The van der Waals surface area contributed by atoms with Crippen molar-refractivity contribution < 1.29 is 0 Å². The van der Waals surface area contributed by atoms with Crippen LogP contribution in [0.25, 0.3) is 0 Å². The summed E-state index contributed by atoms with van der Waals surface area (Å²) < 4.78 is 1.02. The minimum atomic E-state index is -0.170. The molecule has 0 saturated heterocycles.